The zero-order valence-corrected chi connectivity index (χ0v) is 18.7. The van der Waals surface area contributed by atoms with E-state index < -0.39 is 0 Å². The first-order chi connectivity index (χ1) is 15.3. The number of rotatable bonds is 5. The number of nitrogens with zero attached hydrogens (tertiary/aromatic N) is 3. The van der Waals surface area contributed by atoms with E-state index in [1.54, 1.807) is 0 Å². The molecule has 2 fully saturated rings. The molecule has 2 aromatic rings. The maximum Gasteiger partial charge on any atom is 0.0663 e. The molecule has 0 atom stereocenters. The number of hydrogen-bond donors (Lipinski definition) is 1. The van der Waals surface area contributed by atoms with E-state index in [4.69, 9.17) is 4.99 Å². The summed E-state index contributed by atoms with van der Waals surface area (Å²) >= 11 is 0. The summed E-state index contributed by atoms with van der Waals surface area (Å²) in [6.07, 6.45) is 8.82. The van der Waals surface area contributed by atoms with Crippen LogP contribution in [0.4, 0.5) is 11.4 Å². The molecular weight excluding hydrogens is 380 g/mol. The normalized spacial score (nSPS) is 21.3. The van der Waals surface area contributed by atoms with E-state index in [1.165, 1.54) is 53.8 Å². The minimum absolute atomic E-state index is 0.769. The summed E-state index contributed by atoms with van der Waals surface area (Å²) in [5.41, 5.74) is 7.70. The number of anilines is 2. The summed E-state index contributed by atoms with van der Waals surface area (Å²) in [6.45, 7) is 5.24. The number of fused-ring (bicyclic) bond motifs is 1. The number of aliphatic imine (C=N–C) groups is 1. The van der Waals surface area contributed by atoms with Crippen molar-refractivity contribution in [3.63, 3.8) is 0 Å². The predicted octanol–water partition coefficient (Wildman–Crippen LogP) is 5.27. The Morgan fingerprint density at radius 2 is 1.65 bits per heavy atom. The molecular formula is C27H34N4. The van der Waals surface area contributed by atoms with Crippen LogP contribution in [0.25, 0.3) is 5.57 Å². The molecule has 1 saturated carbocycles. The molecule has 2 heterocycles. The third-order valence-electron chi connectivity index (χ3n) is 7.13. The Bertz CT molecular complexity index is 945. The Balaban J connectivity index is 1.27. The highest BCUT2D eigenvalue weighted by Gasteiger charge is 2.22. The molecule has 4 nitrogen and oxygen atoms in total. The van der Waals surface area contributed by atoms with Gasteiger partial charge < -0.3 is 15.1 Å². The lowest BCUT2D eigenvalue weighted by molar-refractivity contribution is 0.313. The van der Waals surface area contributed by atoms with Crippen molar-refractivity contribution in [2.24, 2.45) is 10.9 Å². The van der Waals surface area contributed by atoms with E-state index in [0.29, 0.717) is 0 Å². The number of likely N-dealkylation sites (N-methyl/N-ethyl adjacent to an activating group) is 1. The van der Waals surface area contributed by atoms with Crippen molar-refractivity contribution in [1.82, 2.24) is 4.90 Å². The van der Waals surface area contributed by atoms with Crippen molar-refractivity contribution in [3.8, 4) is 0 Å². The van der Waals surface area contributed by atoms with Crippen molar-refractivity contribution >= 4 is 22.7 Å². The molecule has 2 aromatic carbocycles. The Morgan fingerprint density at radius 1 is 0.935 bits per heavy atom. The molecule has 4 heteroatoms. The summed E-state index contributed by atoms with van der Waals surface area (Å²) in [6, 6.07) is 17.6. The van der Waals surface area contributed by atoms with Crippen LogP contribution in [0.5, 0.6) is 0 Å². The third-order valence-corrected chi connectivity index (χ3v) is 7.13. The van der Waals surface area contributed by atoms with Gasteiger partial charge in [-0.05, 0) is 54.8 Å². The van der Waals surface area contributed by atoms with Gasteiger partial charge in [0.2, 0.25) is 0 Å². The van der Waals surface area contributed by atoms with Crippen LogP contribution in [0, 0.1) is 5.92 Å². The smallest absolute Gasteiger partial charge is 0.0663 e. The van der Waals surface area contributed by atoms with Crippen molar-refractivity contribution in [2.75, 3.05) is 50.0 Å². The minimum atomic E-state index is 0.769. The zero-order chi connectivity index (χ0) is 21.0. The van der Waals surface area contributed by atoms with Gasteiger partial charge in [-0.3, -0.25) is 4.99 Å². The molecule has 0 spiro atoms. The highest BCUT2D eigenvalue weighted by molar-refractivity contribution is 6.07. The number of benzene rings is 2. The standard InChI is InChI=1S/C27H34N4/c1-30-14-16-31(17-15-30)24-12-10-23(11-13-24)28-19-22-20-29-27(18-21-6-2-3-7-21)26-9-5-4-8-25(22)26/h4-5,8-13,19,21,28H,2-3,6-7,14-18,20H2,1H3. The highest BCUT2D eigenvalue weighted by atomic mass is 15.2. The van der Waals surface area contributed by atoms with Crippen LogP contribution in [0.15, 0.2) is 59.7 Å². The zero-order valence-electron chi connectivity index (χ0n) is 18.7. The largest absolute Gasteiger partial charge is 0.369 e. The molecule has 5 rings (SSSR count). The number of nitrogens with one attached hydrogen (secondary N) is 1. The molecule has 0 aromatic heterocycles. The Morgan fingerprint density at radius 3 is 2.39 bits per heavy atom. The molecule has 0 unspecified atom stereocenters. The summed E-state index contributed by atoms with van der Waals surface area (Å²) in [4.78, 5) is 9.87. The fourth-order valence-electron chi connectivity index (χ4n) is 5.16. The van der Waals surface area contributed by atoms with Crippen molar-refractivity contribution in [3.05, 3.63) is 65.9 Å². The molecule has 31 heavy (non-hydrogen) atoms. The van der Waals surface area contributed by atoms with E-state index in [9.17, 15) is 0 Å². The summed E-state index contributed by atoms with van der Waals surface area (Å²) in [5, 5.41) is 3.52. The lowest BCUT2D eigenvalue weighted by Gasteiger charge is -2.34. The fourth-order valence-corrected chi connectivity index (χ4v) is 5.16. The van der Waals surface area contributed by atoms with Crippen LogP contribution in [0.1, 0.15) is 43.2 Å². The van der Waals surface area contributed by atoms with Crippen LogP contribution in [0.3, 0.4) is 0 Å². The number of hydrogen-bond acceptors (Lipinski definition) is 4. The topological polar surface area (TPSA) is 30.9 Å². The molecule has 0 bridgehead atoms. The van der Waals surface area contributed by atoms with Gasteiger partial charge >= 0.3 is 0 Å². The Kier molecular flexibility index (Phi) is 6.08. The Hall–Kier alpha value is -2.59. The third kappa shape index (κ3) is 4.69. The lowest BCUT2D eigenvalue weighted by Crippen LogP contribution is -2.44. The van der Waals surface area contributed by atoms with Gasteiger partial charge in [0.05, 0.1) is 6.54 Å². The first-order valence-corrected chi connectivity index (χ1v) is 11.9. The first-order valence-electron chi connectivity index (χ1n) is 11.9. The monoisotopic (exact) mass is 414 g/mol. The Labute approximate surface area is 186 Å². The fraction of sp³-hybridized carbons (Fsp3) is 0.444. The van der Waals surface area contributed by atoms with E-state index in [0.717, 1.165) is 50.7 Å². The van der Waals surface area contributed by atoms with Crippen molar-refractivity contribution in [1.29, 1.82) is 0 Å². The van der Waals surface area contributed by atoms with Crippen LogP contribution in [-0.2, 0) is 0 Å². The van der Waals surface area contributed by atoms with Gasteiger partial charge in [0.15, 0.2) is 0 Å². The van der Waals surface area contributed by atoms with Gasteiger partial charge in [-0.15, -0.1) is 0 Å². The van der Waals surface area contributed by atoms with Crippen LogP contribution in [0.2, 0.25) is 0 Å². The van der Waals surface area contributed by atoms with E-state index in [2.05, 4.69) is 76.9 Å². The van der Waals surface area contributed by atoms with Gasteiger partial charge in [-0.2, -0.15) is 0 Å². The van der Waals surface area contributed by atoms with Gasteiger partial charge in [0.1, 0.15) is 0 Å². The predicted molar refractivity (Wildman–Crippen MR) is 132 cm³/mol. The molecule has 1 aliphatic carbocycles. The van der Waals surface area contributed by atoms with Crippen molar-refractivity contribution < 1.29 is 0 Å². The molecule has 1 N–H and O–H groups in total. The van der Waals surface area contributed by atoms with E-state index in [1.807, 2.05) is 0 Å². The lowest BCUT2D eigenvalue weighted by atomic mass is 9.89. The molecule has 0 amide bonds. The molecule has 2 aliphatic heterocycles. The summed E-state index contributed by atoms with van der Waals surface area (Å²) in [5.74, 6) is 0.828. The molecule has 3 aliphatic rings. The number of piperazine rings is 1. The minimum Gasteiger partial charge on any atom is -0.369 e. The van der Waals surface area contributed by atoms with Crippen LogP contribution in [-0.4, -0.2) is 50.4 Å². The molecule has 1 saturated heterocycles. The molecule has 162 valence electrons. The molecule has 0 radical (unpaired) electrons. The van der Waals surface area contributed by atoms with Gasteiger partial charge in [-0.1, -0.05) is 49.9 Å². The highest BCUT2D eigenvalue weighted by Crippen LogP contribution is 2.33. The average Bonchev–Trinajstić information content (AvgIpc) is 3.33. The second-order valence-corrected chi connectivity index (χ2v) is 9.31. The van der Waals surface area contributed by atoms with E-state index in [-0.39, 0.29) is 0 Å². The van der Waals surface area contributed by atoms with Crippen molar-refractivity contribution in [2.45, 2.75) is 32.1 Å². The van der Waals surface area contributed by atoms with Gasteiger partial charge in [0.25, 0.3) is 0 Å². The van der Waals surface area contributed by atoms with Gasteiger partial charge in [0, 0.05) is 55.0 Å². The quantitative estimate of drug-likeness (QED) is 0.723. The second-order valence-electron chi connectivity index (χ2n) is 9.31. The SMILES string of the molecule is CN1CCN(c2ccc(NC=C3CN=C(CC4CCCC4)c4ccccc43)cc2)CC1. The van der Waals surface area contributed by atoms with Crippen LogP contribution < -0.4 is 10.2 Å². The van der Waals surface area contributed by atoms with Gasteiger partial charge in [-0.25, -0.2) is 0 Å². The van der Waals surface area contributed by atoms with Crippen LogP contribution >= 0.6 is 0 Å². The van der Waals surface area contributed by atoms with E-state index >= 15 is 0 Å². The average molecular weight is 415 g/mol. The summed E-state index contributed by atoms with van der Waals surface area (Å²) < 4.78 is 0. The summed E-state index contributed by atoms with van der Waals surface area (Å²) in [7, 11) is 2.20. The maximum atomic E-state index is 5.01. The second kappa shape index (κ2) is 9.27. The maximum absolute atomic E-state index is 5.01. The first kappa shape index (κ1) is 20.3.